The Hall–Kier alpha value is -2.50. The van der Waals surface area contributed by atoms with Crippen LogP contribution in [0.2, 0.25) is 0 Å². The average Bonchev–Trinajstić information content (AvgIpc) is 3.12. The number of nitrogens with zero attached hydrogens (tertiary/aromatic N) is 2. The maximum absolute atomic E-state index is 12.3. The molecule has 0 spiro atoms. The molecule has 6 heteroatoms. The Labute approximate surface area is 127 Å². The third kappa shape index (κ3) is 2.64. The maximum atomic E-state index is 12.3. The summed E-state index contributed by atoms with van der Waals surface area (Å²) in [4.78, 5) is 28.3. The van der Waals surface area contributed by atoms with E-state index in [0.717, 1.165) is 5.56 Å². The summed E-state index contributed by atoms with van der Waals surface area (Å²) in [6.45, 7) is 4.12. The molecule has 22 heavy (non-hydrogen) atoms. The molecule has 0 bridgehead atoms. The summed E-state index contributed by atoms with van der Waals surface area (Å²) in [7, 11) is 0. The molecular weight excluding hydrogens is 282 g/mol. The topological polar surface area (TPSA) is 85.1 Å². The average molecular weight is 299 g/mol. The minimum atomic E-state index is -0.220. The number of ketones is 1. The lowest BCUT2D eigenvalue weighted by Gasteiger charge is -2.07. The highest BCUT2D eigenvalue weighted by Crippen LogP contribution is 2.25. The lowest BCUT2D eigenvalue weighted by molar-refractivity contribution is 0.0948. The molecule has 3 rings (SSSR count). The van der Waals surface area contributed by atoms with Gasteiger partial charge in [-0.25, -0.2) is 0 Å². The molecule has 1 aliphatic carbocycles. The fourth-order valence-corrected chi connectivity index (χ4v) is 2.53. The molecule has 1 heterocycles. The maximum Gasteiger partial charge on any atom is 0.251 e. The van der Waals surface area contributed by atoms with Gasteiger partial charge in [-0.05, 0) is 18.1 Å². The zero-order chi connectivity index (χ0) is 15.7. The van der Waals surface area contributed by atoms with E-state index in [4.69, 9.17) is 4.52 Å². The Kier molecular flexibility index (Phi) is 3.75. The summed E-state index contributed by atoms with van der Waals surface area (Å²) in [5.41, 5.74) is 2.05. The molecule has 6 nitrogen and oxygen atoms in total. The molecule has 0 saturated heterocycles. The molecule has 1 aliphatic rings. The van der Waals surface area contributed by atoms with Gasteiger partial charge in [-0.15, -0.1) is 0 Å². The van der Waals surface area contributed by atoms with E-state index in [2.05, 4.69) is 15.5 Å². The second-order valence-electron chi connectivity index (χ2n) is 5.64. The fraction of sp³-hybridized carbons (Fsp3) is 0.375. The Morgan fingerprint density at radius 3 is 2.91 bits per heavy atom. The van der Waals surface area contributed by atoms with Crippen LogP contribution in [0.3, 0.4) is 0 Å². The van der Waals surface area contributed by atoms with Gasteiger partial charge in [0.2, 0.25) is 5.89 Å². The van der Waals surface area contributed by atoms with Crippen LogP contribution in [0, 0.1) is 0 Å². The molecular formula is C16H17N3O3. The summed E-state index contributed by atoms with van der Waals surface area (Å²) < 4.78 is 5.10. The van der Waals surface area contributed by atoms with E-state index in [9.17, 15) is 9.59 Å². The van der Waals surface area contributed by atoms with Gasteiger partial charge in [0.05, 0.1) is 6.54 Å². The van der Waals surface area contributed by atoms with Crippen molar-refractivity contribution >= 4 is 11.7 Å². The van der Waals surface area contributed by atoms with Crippen molar-refractivity contribution in [2.45, 2.75) is 39.2 Å². The lowest BCUT2D eigenvalue weighted by atomic mass is 10.0. The molecule has 0 aliphatic heterocycles. The van der Waals surface area contributed by atoms with E-state index in [1.165, 1.54) is 0 Å². The van der Waals surface area contributed by atoms with Gasteiger partial charge in [-0.2, -0.15) is 4.98 Å². The smallest absolute Gasteiger partial charge is 0.251 e. The molecule has 0 fully saturated rings. The van der Waals surface area contributed by atoms with Gasteiger partial charge in [0.1, 0.15) is 0 Å². The van der Waals surface area contributed by atoms with Crippen molar-refractivity contribution in [3.05, 3.63) is 46.6 Å². The number of Topliss-reactive ketones (excluding diaryl/α,β-unsaturated/α-hetero) is 1. The summed E-state index contributed by atoms with van der Waals surface area (Å²) in [5.74, 6) is 1.03. The number of hydrogen-bond acceptors (Lipinski definition) is 5. The Morgan fingerprint density at radius 1 is 1.36 bits per heavy atom. The first-order valence-electron chi connectivity index (χ1n) is 7.32. The first-order chi connectivity index (χ1) is 10.6. The van der Waals surface area contributed by atoms with Crippen LogP contribution in [-0.2, 0) is 13.0 Å². The summed E-state index contributed by atoms with van der Waals surface area (Å²) in [6.07, 6.45) is 1.10. The van der Waals surface area contributed by atoms with Crippen LogP contribution >= 0.6 is 0 Å². The standard InChI is InChI=1S/C16H17N3O3/c1-9(2)16-18-14(19-22-16)8-17-15(21)12-5-3-4-11-10(12)6-7-13(11)20/h3-5,9H,6-8H2,1-2H3,(H,17,21). The largest absolute Gasteiger partial charge is 0.345 e. The SMILES string of the molecule is CC(C)c1nc(CNC(=O)c2cccc3c2CCC3=O)no1. The van der Waals surface area contributed by atoms with E-state index in [1.54, 1.807) is 18.2 Å². The zero-order valence-electron chi connectivity index (χ0n) is 12.5. The molecule has 1 amide bonds. The number of fused-ring (bicyclic) bond motifs is 1. The normalized spacial score (nSPS) is 13.5. The van der Waals surface area contributed by atoms with Crippen LogP contribution in [0.4, 0.5) is 0 Å². The van der Waals surface area contributed by atoms with Crippen LogP contribution in [0.1, 0.15) is 64.2 Å². The van der Waals surface area contributed by atoms with Crippen LogP contribution < -0.4 is 5.32 Å². The number of carbonyl (C=O) groups excluding carboxylic acids is 2. The highest BCUT2D eigenvalue weighted by molar-refractivity contribution is 6.05. The van der Waals surface area contributed by atoms with E-state index in [0.29, 0.717) is 35.7 Å². The molecule has 0 saturated carbocycles. The van der Waals surface area contributed by atoms with E-state index >= 15 is 0 Å². The van der Waals surface area contributed by atoms with Crippen molar-refractivity contribution < 1.29 is 14.1 Å². The number of amides is 1. The summed E-state index contributed by atoms with van der Waals surface area (Å²) in [5, 5.41) is 6.61. The van der Waals surface area contributed by atoms with Crippen molar-refractivity contribution in [3.63, 3.8) is 0 Å². The molecule has 0 atom stereocenters. The summed E-state index contributed by atoms with van der Waals surface area (Å²) >= 11 is 0. The van der Waals surface area contributed by atoms with Crippen molar-refractivity contribution in [1.82, 2.24) is 15.5 Å². The third-order valence-electron chi connectivity index (χ3n) is 3.71. The van der Waals surface area contributed by atoms with Gasteiger partial charge in [-0.3, -0.25) is 9.59 Å². The second-order valence-corrected chi connectivity index (χ2v) is 5.64. The second kappa shape index (κ2) is 5.71. The van der Waals surface area contributed by atoms with Crippen LogP contribution in [-0.4, -0.2) is 21.8 Å². The van der Waals surface area contributed by atoms with Crippen LogP contribution in [0.25, 0.3) is 0 Å². The Balaban J connectivity index is 1.71. The monoisotopic (exact) mass is 299 g/mol. The van der Waals surface area contributed by atoms with Gasteiger partial charge < -0.3 is 9.84 Å². The predicted molar refractivity (Wildman–Crippen MR) is 78.7 cm³/mol. The van der Waals surface area contributed by atoms with E-state index < -0.39 is 0 Å². The highest BCUT2D eigenvalue weighted by atomic mass is 16.5. The van der Waals surface area contributed by atoms with Gasteiger partial charge in [0.15, 0.2) is 11.6 Å². The minimum absolute atomic E-state index is 0.101. The van der Waals surface area contributed by atoms with Gasteiger partial charge in [0, 0.05) is 23.5 Å². The van der Waals surface area contributed by atoms with Crippen molar-refractivity contribution in [2.24, 2.45) is 0 Å². The molecule has 1 aromatic carbocycles. The quantitative estimate of drug-likeness (QED) is 0.936. The molecule has 2 aromatic rings. The number of hydrogen-bond donors (Lipinski definition) is 1. The Bertz CT molecular complexity index is 734. The summed E-state index contributed by atoms with van der Waals surface area (Å²) in [6, 6.07) is 5.25. The van der Waals surface area contributed by atoms with Crippen molar-refractivity contribution in [3.8, 4) is 0 Å². The molecule has 0 radical (unpaired) electrons. The number of rotatable bonds is 4. The van der Waals surface area contributed by atoms with E-state index in [-0.39, 0.29) is 24.2 Å². The highest BCUT2D eigenvalue weighted by Gasteiger charge is 2.24. The van der Waals surface area contributed by atoms with Crippen molar-refractivity contribution in [1.29, 1.82) is 0 Å². The minimum Gasteiger partial charge on any atom is -0.345 e. The molecule has 0 unspecified atom stereocenters. The van der Waals surface area contributed by atoms with Crippen molar-refractivity contribution in [2.75, 3.05) is 0 Å². The van der Waals surface area contributed by atoms with Crippen LogP contribution in [0.5, 0.6) is 0 Å². The number of carbonyl (C=O) groups is 2. The van der Waals surface area contributed by atoms with Gasteiger partial charge in [-0.1, -0.05) is 31.1 Å². The van der Waals surface area contributed by atoms with Gasteiger partial charge >= 0.3 is 0 Å². The molecule has 1 N–H and O–H groups in total. The predicted octanol–water partition coefficient (Wildman–Crippen LogP) is 2.25. The molecule has 114 valence electrons. The van der Waals surface area contributed by atoms with Gasteiger partial charge in [0.25, 0.3) is 5.91 Å². The zero-order valence-corrected chi connectivity index (χ0v) is 12.5. The lowest BCUT2D eigenvalue weighted by Crippen LogP contribution is -2.24. The van der Waals surface area contributed by atoms with E-state index in [1.807, 2.05) is 13.8 Å². The number of nitrogens with one attached hydrogen (secondary N) is 1. The first kappa shape index (κ1) is 14.4. The number of benzene rings is 1. The Morgan fingerprint density at radius 2 is 2.18 bits per heavy atom. The third-order valence-corrected chi connectivity index (χ3v) is 3.71. The molecule has 1 aromatic heterocycles. The first-order valence-corrected chi connectivity index (χ1v) is 7.32. The fourth-order valence-electron chi connectivity index (χ4n) is 2.53. The van der Waals surface area contributed by atoms with Crippen LogP contribution in [0.15, 0.2) is 22.7 Å². The number of aromatic nitrogens is 2.